The number of H-pyrrole nitrogens is 1. The van der Waals surface area contributed by atoms with Crippen LogP contribution in [0, 0.1) is 11.8 Å². The molecule has 0 spiro atoms. The number of carbonyl (C=O) groups is 1. The number of ether oxygens (including phenoxy) is 1. The van der Waals surface area contributed by atoms with E-state index in [0.717, 1.165) is 25.0 Å². The number of alkyl halides is 2. The normalized spacial score (nSPS) is 15.8. The summed E-state index contributed by atoms with van der Waals surface area (Å²) < 4.78 is 60.9. The van der Waals surface area contributed by atoms with E-state index < -0.39 is 36.4 Å². The number of amides is 1. The minimum atomic E-state index is -2.76. The topological polar surface area (TPSA) is 92.8 Å². The Morgan fingerprint density at radius 3 is 2.60 bits per heavy atom. The number of fused-ring (bicyclic) bond motifs is 1. The monoisotopic (exact) mass is 575 g/mol. The maximum Gasteiger partial charge on any atom is 0.239 e. The van der Waals surface area contributed by atoms with Crippen LogP contribution in [0.4, 0.5) is 23.4 Å². The van der Waals surface area contributed by atoms with Crippen LogP contribution >= 0.6 is 0 Å². The summed E-state index contributed by atoms with van der Waals surface area (Å²) in [5, 5.41) is 2.63. The maximum absolute atomic E-state index is 14.9. The van der Waals surface area contributed by atoms with E-state index in [2.05, 4.69) is 25.3 Å². The number of nitrogens with one attached hydrogen (secondary N) is 2. The summed E-state index contributed by atoms with van der Waals surface area (Å²) in [5.74, 6) is -3.01. The van der Waals surface area contributed by atoms with Gasteiger partial charge in [0, 0.05) is 42.6 Å². The SMILES string of the molecule is O=C(Nc1cc(-c2[nH]c3c([C@H]4CCCO4)cc(F)nc3c2-c2ccccn2)ccn1)[C@@H](CC(F)F)c1ccc(F)cc1. The van der Waals surface area contributed by atoms with Crippen molar-refractivity contribution in [1.82, 2.24) is 19.9 Å². The predicted octanol–water partition coefficient (Wildman–Crippen LogP) is 7.19. The average molecular weight is 576 g/mol. The third kappa shape index (κ3) is 5.60. The van der Waals surface area contributed by atoms with Crippen molar-refractivity contribution in [3.8, 4) is 22.5 Å². The number of hydrogen-bond acceptors (Lipinski definition) is 5. The lowest BCUT2D eigenvalue weighted by Crippen LogP contribution is -2.23. The number of aromatic amines is 1. The van der Waals surface area contributed by atoms with E-state index in [9.17, 15) is 22.4 Å². The highest BCUT2D eigenvalue weighted by Gasteiger charge is 2.28. The van der Waals surface area contributed by atoms with Crippen molar-refractivity contribution < 1.29 is 27.1 Å². The molecule has 42 heavy (non-hydrogen) atoms. The zero-order valence-electron chi connectivity index (χ0n) is 22.2. The summed E-state index contributed by atoms with van der Waals surface area (Å²) in [6.07, 6.45) is 0.885. The molecule has 0 radical (unpaired) electrons. The molecule has 0 unspecified atom stereocenters. The van der Waals surface area contributed by atoms with Gasteiger partial charge in [-0.3, -0.25) is 9.78 Å². The quantitative estimate of drug-likeness (QED) is 0.151. The molecule has 11 heteroatoms. The minimum absolute atomic E-state index is 0.114. The van der Waals surface area contributed by atoms with E-state index in [1.807, 2.05) is 6.07 Å². The molecule has 0 aliphatic carbocycles. The Bertz CT molecular complexity index is 1720. The molecule has 1 aromatic carbocycles. The average Bonchev–Trinajstić information content (AvgIpc) is 3.65. The Balaban J connectivity index is 1.41. The Hall–Kier alpha value is -4.64. The molecule has 2 N–H and O–H groups in total. The number of aromatic nitrogens is 4. The molecule has 1 saturated heterocycles. The van der Waals surface area contributed by atoms with E-state index in [0.29, 0.717) is 45.7 Å². The van der Waals surface area contributed by atoms with Gasteiger partial charge in [0.05, 0.1) is 34.5 Å². The number of pyridine rings is 3. The molecule has 6 rings (SSSR count). The van der Waals surface area contributed by atoms with Crippen molar-refractivity contribution in [1.29, 1.82) is 0 Å². The van der Waals surface area contributed by atoms with Crippen molar-refractivity contribution >= 4 is 22.8 Å². The lowest BCUT2D eigenvalue weighted by Gasteiger charge is -2.17. The molecular weight excluding hydrogens is 550 g/mol. The van der Waals surface area contributed by atoms with E-state index in [1.165, 1.54) is 24.4 Å². The first kappa shape index (κ1) is 27.5. The second kappa shape index (κ2) is 11.7. The predicted molar refractivity (Wildman–Crippen MR) is 149 cm³/mol. The molecule has 5 aromatic rings. The van der Waals surface area contributed by atoms with Gasteiger partial charge in [-0.25, -0.2) is 23.1 Å². The van der Waals surface area contributed by atoms with Crippen molar-refractivity contribution in [3.63, 3.8) is 0 Å². The van der Waals surface area contributed by atoms with Crippen LogP contribution in [-0.4, -0.2) is 38.9 Å². The number of rotatable bonds is 8. The fourth-order valence-corrected chi connectivity index (χ4v) is 5.34. The number of anilines is 1. The zero-order valence-corrected chi connectivity index (χ0v) is 22.2. The molecule has 2 atom stereocenters. The lowest BCUT2D eigenvalue weighted by atomic mass is 9.95. The molecule has 1 amide bonds. The molecule has 0 bridgehead atoms. The number of carbonyl (C=O) groups excluding carboxylic acids is 1. The van der Waals surface area contributed by atoms with Crippen molar-refractivity contribution in [2.24, 2.45) is 0 Å². The van der Waals surface area contributed by atoms with E-state index in [-0.39, 0.29) is 17.5 Å². The van der Waals surface area contributed by atoms with Crippen LogP contribution in [0.25, 0.3) is 33.5 Å². The highest BCUT2D eigenvalue weighted by molar-refractivity contribution is 6.02. The van der Waals surface area contributed by atoms with Gasteiger partial charge in [0.25, 0.3) is 0 Å². The summed E-state index contributed by atoms with van der Waals surface area (Å²) in [6, 6.07) is 14.9. The van der Waals surface area contributed by atoms with Gasteiger partial charge in [0.2, 0.25) is 18.3 Å². The van der Waals surface area contributed by atoms with Gasteiger partial charge in [0.15, 0.2) is 0 Å². The summed E-state index contributed by atoms with van der Waals surface area (Å²) >= 11 is 0. The molecule has 1 aliphatic rings. The number of hydrogen-bond donors (Lipinski definition) is 2. The second-order valence-corrected chi connectivity index (χ2v) is 10.00. The van der Waals surface area contributed by atoms with E-state index >= 15 is 0 Å². The molecule has 1 fully saturated rings. The highest BCUT2D eigenvalue weighted by atomic mass is 19.3. The fraction of sp³-hybridized carbons (Fsp3) is 0.226. The number of benzene rings is 1. The van der Waals surface area contributed by atoms with Gasteiger partial charge in [-0.05, 0) is 54.8 Å². The summed E-state index contributed by atoms with van der Waals surface area (Å²) in [7, 11) is 0. The molecule has 7 nitrogen and oxygen atoms in total. The maximum atomic E-state index is 14.9. The van der Waals surface area contributed by atoms with E-state index in [4.69, 9.17) is 4.74 Å². The van der Waals surface area contributed by atoms with Crippen molar-refractivity contribution in [2.45, 2.75) is 37.7 Å². The third-order valence-electron chi connectivity index (χ3n) is 7.26. The van der Waals surface area contributed by atoms with Gasteiger partial charge in [-0.15, -0.1) is 0 Å². The van der Waals surface area contributed by atoms with Crippen LogP contribution in [0.1, 0.15) is 42.4 Å². The van der Waals surface area contributed by atoms with Crippen LogP contribution in [0.3, 0.4) is 0 Å². The van der Waals surface area contributed by atoms with Crippen molar-refractivity contribution in [3.05, 3.63) is 95.9 Å². The van der Waals surface area contributed by atoms with Crippen LogP contribution in [0.15, 0.2) is 73.1 Å². The highest BCUT2D eigenvalue weighted by Crippen LogP contribution is 2.41. The summed E-state index contributed by atoms with van der Waals surface area (Å²) in [4.78, 5) is 29.5. The summed E-state index contributed by atoms with van der Waals surface area (Å²) in [5.41, 5.74) is 4.12. The molecular formula is C31H25F4N5O2. The standard InChI is InChI=1S/C31H25F4N5O2/c32-19-8-6-17(7-9-19)20(15-24(33)34)31(41)39-26-14-18(10-12-37-26)28-27(22-4-1-2-11-36-22)30-29(40-28)21(16-25(35)38-30)23-5-3-13-42-23/h1-2,4,6-12,14,16,20,23-24,40H,3,5,13,15H2,(H,37,39,41)/t20-,23+/m0/s1. The Morgan fingerprint density at radius 1 is 1.05 bits per heavy atom. The first-order valence-corrected chi connectivity index (χ1v) is 13.4. The van der Waals surface area contributed by atoms with Crippen LogP contribution in [0.5, 0.6) is 0 Å². The molecule has 5 heterocycles. The van der Waals surface area contributed by atoms with Gasteiger partial charge in [-0.2, -0.15) is 4.39 Å². The molecule has 4 aromatic heterocycles. The zero-order chi connectivity index (χ0) is 29.2. The summed E-state index contributed by atoms with van der Waals surface area (Å²) in [6.45, 7) is 0.578. The Labute approximate surface area is 238 Å². The first-order chi connectivity index (χ1) is 20.4. The van der Waals surface area contributed by atoms with Crippen LogP contribution in [-0.2, 0) is 9.53 Å². The van der Waals surface area contributed by atoms with Crippen molar-refractivity contribution in [2.75, 3.05) is 11.9 Å². The van der Waals surface area contributed by atoms with Crippen LogP contribution in [0.2, 0.25) is 0 Å². The van der Waals surface area contributed by atoms with Gasteiger partial charge < -0.3 is 15.0 Å². The first-order valence-electron chi connectivity index (χ1n) is 13.4. The third-order valence-corrected chi connectivity index (χ3v) is 7.26. The Kier molecular flexibility index (Phi) is 7.66. The van der Waals surface area contributed by atoms with E-state index in [1.54, 1.807) is 30.5 Å². The lowest BCUT2D eigenvalue weighted by molar-refractivity contribution is -0.118. The smallest absolute Gasteiger partial charge is 0.239 e. The molecule has 0 saturated carbocycles. The Morgan fingerprint density at radius 2 is 1.88 bits per heavy atom. The van der Waals surface area contributed by atoms with Gasteiger partial charge in [0.1, 0.15) is 17.2 Å². The number of halogens is 4. The van der Waals surface area contributed by atoms with Crippen LogP contribution < -0.4 is 5.32 Å². The largest absolute Gasteiger partial charge is 0.373 e. The molecule has 214 valence electrons. The molecule has 1 aliphatic heterocycles. The van der Waals surface area contributed by atoms with Gasteiger partial charge in [-0.1, -0.05) is 18.2 Å². The fourth-order valence-electron chi connectivity index (χ4n) is 5.34. The second-order valence-electron chi connectivity index (χ2n) is 10.00. The number of nitrogens with zero attached hydrogens (tertiary/aromatic N) is 3. The minimum Gasteiger partial charge on any atom is -0.373 e. The van der Waals surface area contributed by atoms with Gasteiger partial charge >= 0.3 is 0 Å².